The highest BCUT2D eigenvalue weighted by Gasteiger charge is 2.36. The summed E-state index contributed by atoms with van der Waals surface area (Å²) in [7, 11) is 1.91. The molecule has 0 fully saturated rings. The van der Waals surface area contributed by atoms with Gasteiger partial charge in [-0.2, -0.15) is 13.2 Å². The fourth-order valence-electron chi connectivity index (χ4n) is 3.15. The Labute approximate surface area is 124 Å². The summed E-state index contributed by atoms with van der Waals surface area (Å²) in [5.41, 5.74) is 1.21. The predicted octanol–water partition coefficient (Wildman–Crippen LogP) is 3.84. The van der Waals surface area contributed by atoms with E-state index in [1.807, 2.05) is 7.05 Å². The lowest BCUT2D eigenvalue weighted by atomic mass is 10.0. The van der Waals surface area contributed by atoms with Gasteiger partial charge in [-0.15, -0.1) is 0 Å². The monoisotopic (exact) mass is 300 g/mol. The molecule has 2 nitrogen and oxygen atoms in total. The molecule has 118 valence electrons. The first-order chi connectivity index (χ1) is 9.74. The maximum absolute atomic E-state index is 12.9. The van der Waals surface area contributed by atoms with Gasteiger partial charge in [-0.25, -0.2) is 0 Å². The predicted molar refractivity (Wildman–Crippen MR) is 79.7 cm³/mol. The van der Waals surface area contributed by atoms with Gasteiger partial charge in [0.15, 0.2) is 0 Å². The zero-order valence-corrected chi connectivity index (χ0v) is 13.0. The molecule has 1 aromatic carbocycles. The number of hydrogen-bond acceptors (Lipinski definition) is 2. The second-order valence-corrected chi connectivity index (χ2v) is 6.13. The highest BCUT2D eigenvalue weighted by atomic mass is 19.4. The molecular weight excluding hydrogens is 277 g/mol. The summed E-state index contributed by atoms with van der Waals surface area (Å²) in [5.74, 6) is 0. The first kappa shape index (κ1) is 16.1. The average Bonchev–Trinajstić information content (AvgIpc) is 2.74. The van der Waals surface area contributed by atoms with Crippen LogP contribution in [0.15, 0.2) is 18.2 Å². The minimum absolute atomic E-state index is 0.255. The van der Waals surface area contributed by atoms with Crippen LogP contribution in [0.5, 0.6) is 0 Å². The largest absolute Gasteiger partial charge is 0.416 e. The molecule has 0 amide bonds. The van der Waals surface area contributed by atoms with Crippen LogP contribution >= 0.6 is 0 Å². The van der Waals surface area contributed by atoms with Crippen LogP contribution in [0.2, 0.25) is 0 Å². The highest BCUT2D eigenvalue weighted by Crippen LogP contribution is 2.39. The summed E-state index contributed by atoms with van der Waals surface area (Å²) in [5, 5.41) is 3.21. The van der Waals surface area contributed by atoms with E-state index in [0.717, 1.165) is 17.7 Å². The molecule has 0 bridgehead atoms. The maximum Gasteiger partial charge on any atom is 0.416 e. The number of alkyl halides is 3. The van der Waals surface area contributed by atoms with E-state index in [1.54, 1.807) is 6.07 Å². The van der Waals surface area contributed by atoms with Crippen molar-refractivity contribution >= 4 is 5.69 Å². The fraction of sp³-hybridized carbons (Fsp3) is 0.625. The first-order valence-corrected chi connectivity index (χ1v) is 7.39. The molecule has 5 heteroatoms. The van der Waals surface area contributed by atoms with Gasteiger partial charge in [-0.3, -0.25) is 0 Å². The Morgan fingerprint density at radius 2 is 1.95 bits per heavy atom. The van der Waals surface area contributed by atoms with Crippen molar-refractivity contribution in [1.29, 1.82) is 0 Å². The lowest BCUT2D eigenvalue weighted by Gasteiger charge is -2.33. The van der Waals surface area contributed by atoms with Crippen LogP contribution in [-0.4, -0.2) is 25.2 Å². The van der Waals surface area contributed by atoms with E-state index in [2.05, 4.69) is 31.0 Å². The van der Waals surface area contributed by atoms with Crippen LogP contribution in [0, 0.1) is 0 Å². The van der Waals surface area contributed by atoms with Crippen molar-refractivity contribution in [2.75, 3.05) is 11.9 Å². The molecule has 0 radical (unpaired) electrons. The standard InChI is InChI=1S/C16H23F3N2/c1-10(2)21-14(7-11(3)20-4)9-12-8-13(16(17,18)19)5-6-15(12)21/h5-6,8,10-11,14,20H,7,9H2,1-4H3. The van der Waals surface area contributed by atoms with Gasteiger partial charge in [0.2, 0.25) is 0 Å². The molecule has 21 heavy (non-hydrogen) atoms. The molecule has 2 atom stereocenters. The lowest BCUT2D eigenvalue weighted by Crippen LogP contribution is -2.41. The van der Waals surface area contributed by atoms with Crippen LogP contribution in [0.25, 0.3) is 0 Å². The fourth-order valence-corrected chi connectivity index (χ4v) is 3.15. The molecule has 1 aromatic rings. The smallest absolute Gasteiger partial charge is 0.366 e. The SMILES string of the molecule is CNC(C)CC1Cc2cc(C(F)(F)F)ccc2N1C(C)C. The van der Waals surface area contributed by atoms with E-state index < -0.39 is 11.7 Å². The van der Waals surface area contributed by atoms with Gasteiger partial charge >= 0.3 is 6.18 Å². The number of fused-ring (bicyclic) bond motifs is 1. The first-order valence-electron chi connectivity index (χ1n) is 7.39. The lowest BCUT2D eigenvalue weighted by molar-refractivity contribution is -0.137. The van der Waals surface area contributed by atoms with Crippen molar-refractivity contribution < 1.29 is 13.2 Å². The Balaban J connectivity index is 2.31. The van der Waals surface area contributed by atoms with Crippen molar-refractivity contribution in [2.45, 2.75) is 57.9 Å². The van der Waals surface area contributed by atoms with Gasteiger partial charge in [0.1, 0.15) is 0 Å². The minimum Gasteiger partial charge on any atom is -0.366 e. The van der Waals surface area contributed by atoms with Crippen LogP contribution in [-0.2, 0) is 12.6 Å². The number of hydrogen-bond donors (Lipinski definition) is 1. The summed E-state index contributed by atoms with van der Waals surface area (Å²) < 4.78 is 38.6. The third-order valence-corrected chi connectivity index (χ3v) is 4.21. The third kappa shape index (κ3) is 3.34. The molecule has 2 rings (SSSR count). The molecule has 0 spiro atoms. The van der Waals surface area contributed by atoms with E-state index in [0.29, 0.717) is 12.5 Å². The van der Waals surface area contributed by atoms with E-state index in [1.165, 1.54) is 12.1 Å². The van der Waals surface area contributed by atoms with Gasteiger partial charge in [-0.1, -0.05) is 0 Å². The summed E-state index contributed by atoms with van der Waals surface area (Å²) in [6, 6.07) is 5.00. The van der Waals surface area contributed by atoms with Crippen molar-refractivity contribution in [3.63, 3.8) is 0 Å². The topological polar surface area (TPSA) is 15.3 Å². The molecule has 0 saturated heterocycles. The van der Waals surface area contributed by atoms with Crippen LogP contribution in [0.3, 0.4) is 0 Å². The summed E-state index contributed by atoms with van der Waals surface area (Å²) in [6.45, 7) is 6.27. The van der Waals surface area contributed by atoms with E-state index >= 15 is 0 Å². The molecule has 1 aliphatic rings. The van der Waals surface area contributed by atoms with Crippen molar-refractivity contribution in [1.82, 2.24) is 5.32 Å². The second kappa shape index (κ2) is 5.87. The number of anilines is 1. The van der Waals surface area contributed by atoms with Gasteiger partial charge in [0.05, 0.1) is 5.56 Å². The zero-order chi connectivity index (χ0) is 15.8. The maximum atomic E-state index is 12.9. The molecule has 1 aliphatic heterocycles. The van der Waals surface area contributed by atoms with Gasteiger partial charge < -0.3 is 10.2 Å². The Kier molecular flexibility index (Phi) is 4.51. The van der Waals surface area contributed by atoms with E-state index in [9.17, 15) is 13.2 Å². The van der Waals surface area contributed by atoms with Gasteiger partial charge in [0, 0.05) is 23.8 Å². The quantitative estimate of drug-likeness (QED) is 0.909. The van der Waals surface area contributed by atoms with Crippen molar-refractivity contribution in [3.8, 4) is 0 Å². The number of halogens is 3. The summed E-state index contributed by atoms with van der Waals surface area (Å²) in [6.07, 6.45) is -2.66. The van der Waals surface area contributed by atoms with E-state index in [-0.39, 0.29) is 12.1 Å². The van der Waals surface area contributed by atoms with Crippen molar-refractivity contribution in [2.24, 2.45) is 0 Å². The molecule has 0 aromatic heterocycles. The average molecular weight is 300 g/mol. The van der Waals surface area contributed by atoms with E-state index in [4.69, 9.17) is 0 Å². The number of rotatable bonds is 4. The Morgan fingerprint density at radius 3 is 2.48 bits per heavy atom. The third-order valence-electron chi connectivity index (χ3n) is 4.21. The molecule has 2 unspecified atom stereocenters. The van der Waals surface area contributed by atoms with Gasteiger partial charge in [0.25, 0.3) is 0 Å². The summed E-state index contributed by atoms with van der Waals surface area (Å²) >= 11 is 0. The molecular formula is C16H23F3N2. The van der Waals surface area contributed by atoms with Crippen molar-refractivity contribution in [3.05, 3.63) is 29.3 Å². The number of benzene rings is 1. The highest BCUT2D eigenvalue weighted by molar-refractivity contribution is 5.61. The van der Waals surface area contributed by atoms with Crippen LogP contribution in [0.4, 0.5) is 18.9 Å². The summed E-state index contributed by atoms with van der Waals surface area (Å²) in [4.78, 5) is 2.25. The number of nitrogens with zero attached hydrogens (tertiary/aromatic N) is 1. The molecule has 0 saturated carbocycles. The molecule has 1 N–H and O–H groups in total. The van der Waals surface area contributed by atoms with Gasteiger partial charge in [-0.05, 0) is 64.4 Å². The zero-order valence-electron chi connectivity index (χ0n) is 13.0. The Bertz CT molecular complexity index is 497. The number of nitrogens with one attached hydrogen (secondary N) is 1. The molecule has 0 aliphatic carbocycles. The Hall–Kier alpha value is -1.23. The second-order valence-electron chi connectivity index (χ2n) is 6.13. The van der Waals surface area contributed by atoms with Crippen LogP contribution < -0.4 is 10.2 Å². The Morgan fingerprint density at radius 1 is 1.29 bits per heavy atom. The normalized spacial score (nSPS) is 20.0. The minimum atomic E-state index is -4.27. The van der Waals surface area contributed by atoms with Crippen LogP contribution in [0.1, 0.15) is 38.3 Å². The molecule has 1 heterocycles.